The first-order chi connectivity index (χ1) is 9.81. The summed E-state index contributed by atoms with van der Waals surface area (Å²) in [7, 11) is 0. The summed E-state index contributed by atoms with van der Waals surface area (Å²) in [6.07, 6.45) is 7.72. The minimum Gasteiger partial charge on any atom is -0.388 e. The van der Waals surface area contributed by atoms with E-state index in [0.717, 1.165) is 30.8 Å². The Hall–Kier alpha value is -1.88. The van der Waals surface area contributed by atoms with E-state index in [9.17, 15) is 4.79 Å². The van der Waals surface area contributed by atoms with Gasteiger partial charge in [-0.25, -0.2) is 4.98 Å². The number of nitrogens with one attached hydrogen (secondary N) is 2. The first-order valence-corrected chi connectivity index (χ1v) is 7.67. The molecule has 0 spiro atoms. The van der Waals surface area contributed by atoms with E-state index >= 15 is 0 Å². The van der Waals surface area contributed by atoms with Crippen LogP contribution in [-0.4, -0.2) is 22.3 Å². The minimum absolute atomic E-state index is 0.221. The zero-order valence-corrected chi connectivity index (χ0v) is 12.0. The Morgan fingerprint density at radius 2 is 2.40 bits per heavy atom. The molecule has 0 saturated carbocycles. The number of hydrogen-bond acceptors (Lipinski definition) is 4. The number of H-pyrrole nitrogens is 1. The van der Waals surface area contributed by atoms with Crippen LogP contribution in [0.15, 0.2) is 41.8 Å². The molecule has 0 aliphatic heterocycles. The lowest BCUT2D eigenvalue weighted by Crippen LogP contribution is -2.23. The summed E-state index contributed by atoms with van der Waals surface area (Å²) in [4.78, 5) is 20.2. The summed E-state index contributed by atoms with van der Waals surface area (Å²) >= 11 is 1.73. The monoisotopic (exact) mass is 287 g/mol. The summed E-state index contributed by atoms with van der Waals surface area (Å²) in [5.41, 5.74) is 2.16. The number of aromatic amines is 1. The fourth-order valence-corrected chi connectivity index (χ4v) is 3.35. The molecule has 1 aliphatic rings. The highest BCUT2D eigenvalue weighted by Gasteiger charge is 2.22. The maximum Gasteiger partial charge on any atom is 0.158 e. The summed E-state index contributed by atoms with van der Waals surface area (Å²) in [6.45, 7) is 0.818. The number of nitrogens with zero attached hydrogens (tertiary/aromatic N) is 1. The maximum absolute atomic E-state index is 11.8. The van der Waals surface area contributed by atoms with Gasteiger partial charge in [-0.15, -0.1) is 11.3 Å². The van der Waals surface area contributed by atoms with Crippen molar-refractivity contribution in [1.29, 1.82) is 0 Å². The van der Waals surface area contributed by atoms with E-state index in [0.29, 0.717) is 12.3 Å². The highest BCUT2D eigenvalue weighted by atomic mass is 32.1. The molecule has 2 N–H and O–H groups in total. The average molecular weight is 287 g/mol. The second-order valence-electron chi connectivity index (χ2n) is 5.01. The van der Waals surface area contributed by atoms with Gasteiger partial charge in [0.15, 0.2) is 5.78 Å². The molecule has 1 aliphatic carbocycles. The van der Waals surface area contributed by atoms with Gasteiger partial charge in [0, 0.05) is 53.8 Å². The topological polar surface area (TPSA) is 57.8 Å². The van der Waals surface area contributed by atoms with E-state index in [2.05, 4.69) is 26.7 Å². The Morgan fingerprint density at radius 1 is 1.45 bits per heavy atom. The number of carbonyl (C=O) groups is 1. The van der Waals surface area contributed by atoms with Crippen molar-refractivity contribution in [2.75, 3.05) is 6.54 Å². The van der Waals surface area contributed by atoms with E-state index in [1.165, 1.54) is 4.88 Å². The fraction of sp³-hybridized carbons (Fsp3) is 0.333. The van der Waals surface area contributed by atoms with Gasteiger partial charge in [0.1, 0.15) is 0 Å². The Morgan fingerprint density at radius 3 is 3.15 bits per heavy atom. The molecule has 104 valence electrons. The van der Waals surface area contributed by atoms with Crippen molar-refractivity contribution in [3.63, 3.8) is 0 Å². The van der Waals surface area contributed by atoms with Gasteiger partial charge in [0.05, 0.1) is 6.33 Å². The Balaban J connectivity index is 1.57. The molecule has 2 aromatic rings. The average Bonchev–Trinajstić information content (AvgIpc) is 3.11. The molecular formula is C15H17N3OS. The summed E-state index contributed by atoms with van der Waals surface area (Å²) in [5, 5.41) is 5.45. The Labute approximate surface area is 121 Å². The quantitative estimate of drug-likeness (QED) is 0.889. The first kappa shape index (κ1) is 13.1. The molecule has 4 nitrogen and oxygen atoms in total. The molecule has 0 amide bonds. The molecule has 20 heavy (non-hydrogen) atoms. The molecule has 5 heteroatoms. The van der Waals surface area contributed by atoms with Crippen molar-refractivity contribution >= 4 is 17.1 Å². The van der Waals surface area contributed by atoms with Crippen LogP contribution < -0.4 is 5.32 Å². The molecule has 0 radical (unpaired) electrons. The van der Waals surface area contributed by atoms with Gasteiger partial charge in [0.25, 0.3) is 0 Å². The normalized spacial score (nSPS) is 18.9. The van der Waals surface area contributed by atoms with E-state index in [1.807, 2.05) is 12.3 Å². The van der Waals surface area contributed by atoms with Gasteiger partial charge in [-0.3, -0.25) is 4.79 Å². The van der Waals surface area contributed by atoms with E-state index in [-0.39, 0.29) is 5.78 Å². The van der Waals surface area contributed by atoms with Crippen LogP contribution in [0.5, 0.6) is 0 Å². The number of allylic oxidation sites excluding steroid dienone is 2. The molecule has 2 aromatic heterocycles. The van der Waals surface area contributed by atoms with Crippen LogP contribution in [0.1, 0.15) is 29.3 Å². The number of thiophene rings is 1. The SMILES string of the molecule is O=C1C=C(NCCc2cnc[nH]2)CC(c2cccs2)C1. The Kier molecular flexibility index (Phi) is 3.97. The van der Waals surface area contributed by atoms with Crippen LogP contribution >= 0.6 is 11.3 Å². The standard InChI is InChI=1S/C15H17N3OS/c19-14-7-11(15-2-1-5-20-15)6-13(8-14)17-4-3-12-9-16-10-18-12/h1-2,5,8-11,17H,3-4,6-7H2,(H,16,18). The molecule has 0 fully saturated rings. The molecular weight excluding hydrogens is 270 g/mol. The third-order valence-corrected chi connectivity index (χ3v) is 4.53. The fourth-order valence-electron chi connectivity index (χ4n) is 2.52. The summed E-state index contributed by atoms with van der Waals surface area (Å²) in [6, 6.07) is 4.17. The van der Waals surface area contributed by atoms with Crippen molar-refractivity contribution < 1.29 is 4.79 Å². The van der Waals surface area contributed by atoms with Gasteiger partial charge >= 0.3 is 0 Å². The lowest BCUT2D eigenvalue weighted by Gasteiger charge is -2.22. The number of carbonyl (C=O) groups excluding carboxylic acids is 1. The van der Waals surface area contributed by atoms with Gasteiger partial charge in [-0.1, -0.05) is 6.07 Å². The lowest BCUT2D eigenvalue weighted by molar-refractivity contribution is -0.115. The van der Waals surface area contributed by atoms with E-state index in [1.54, 1.807) is 23.7 Å². The zero-order valence-electron chi connectivity index (χ0n) is 11.1. The first-order valence-electron chi connectivity index (χ1n) is 6.79. The molecule has 2 heterocycles. The van der Waals surface area contributed by atoms with Crippen LogP contribution in [-0.2, 0) is 11.2 Å². The predicted molar refractivity (Wildman–Crippen MR) is 79.7 cm³/mol. The van der Waals surface area contributed by atoms with Gasteiger partial charge < -0.3 is 10.3 Å². The van der Waals surface area contributed by atoms with Gasteiger partial charge in [0.2, 0.25) is 0 Å². The third-order valence-electron chi connectivity index (χ3n) is 3.50. The van der Waals surface area contributed by atoms with Crippen molar-refractivity contribution in [3.8, 4) is 0 Å². The highest BCUT2D eigenvalue weighted by Crippen LogP contribution is 2.32. The number of hydrogen-bond donors (Lipinski definition) is 2. The summed E-state index contributed by atoms with van der Waals surface area (Å²) in [5.74, 6) is 0.556. The highest BCUT2D eigenvalue weighted by molar-refractivity contribution is 7.10. The largest absolute Gasteiger partial charge is 0.388 e. The Bertz CT molecular complexity index is 587. The van der Waals surface area contributed by atoms with Crippen molar-refractivity contribution in [2.45, 2.75) is 25.2 Å². The molecule has 0 bridgehead atoms. The second kappa shape index (κ2) is 6.05. The number of imidazole rings is 1. The predicted octanol–water partition coefficient (Wildman–Crippen LogP) is 2.63. The summed E-state index contributed by atoms with van der Waals surface area (Å²) < 4.78 is 0. The third kappa shape index (κ3) is 3.17. The van der Waals surface area contributed by atoms with Crippen molar-refractivity contribution in [1.82, 2.24) is 15.3 Å². The zero-order chi connectivity index (χ0) is 13.8. The van der Waals surface area contributed by atoms with Gasteiger partial charge in [-0.05, 0) is 17.9 Å². The van der Waals surface area contributed by atoms with E-state index < -0.39 is 0 Å². The molecule has 1 unspecified atom stereocenters. The van der Waals surface area contributed by atoms with Crippen LogP contribution in [0.25, 0.3) is 0 Å². The molecule has 0 saturated heterocycles. The number of rotatable bonds is 5. The maximum atomic E-state index is 11.8. The second-order valence-corrected chi connectivity index (χ2v) is 5.99. The van der Waals surface area contributed by atoms with Crippen molar-refractivity contribution in [2.24, 2.45) is 0 Å². The van der Waals surface area contributed by atoms with E-state index in [4.69, 9.17) is 0 Å². The molecule has 1 atom stereocenters. The molecule has 0 aromatic carbocycles. The number of aromatic nitrogens is 2. The van der Waals surface area contributed by atoms with Crippen LogP contribution in [0.4, 0.5) is 0 Å². The molecule has 3 rings (SSSR count). The minimum atomic E-state index is 0.221. The van der Waals surface area contributed by atoms with Crippen LogP contribution in [0.3, 0.4) is 0 Å². The van der Waals surface area contributed by atoms with Crippen LogP contribution in [0, 0.1) is 0 Å². The van der Waals surface area contributed by atoms with Crippen LogP contribution in [0.2, 0.25) is 0 Å². The van der Waals surface area contributed by atoms with Gasteiger partial charge in [-0.2, -0.15) is 0 Å². The number of ketones is 1. The lowest BCUT2D eigenvalue weighted by atomic mass is 9.90. The van der Waals surface area contributed by atoms with Crippen molar-refractivity contribution in [3.05, 3.63) is 52.4 Å². The smallest absolute Gasteiger partial charge is 0.158 e.